The lowest BCUT2D eigenvalue weighted by molar-refractivity contribution is -0.133. The minimum absolute atomic E-state index is 0.0383. The Morgan fingerprint density at radius 2 is 1.69 bits per heavy atom. The van der Waals surface area contributed by atoms with Crippen molar-refractivity contribution in [2.45, 2.75) is 56.1 Å². The van der Waals surface area contributed by atoms with Crippen LogP contribution in [0.4, 0.5) is 4.39 Å². The Balaban J connectivity index is 1.61. The SMILES string of the molecule is Cc1ccc(S(=O)(=O)N2CC[C@@H]3[C@H]2CCCC(=O)N3Cc2ccc(F)cc2)cc1. The average molecular weight is 417 g/mol. The van der Waals surface area contributed by atoms with Gasteiger partial charge in [0.1, 0.15) is 5.82 Å². The van der Waals surface area contributed by atoms with Crippen molar-refractivity contribution in [3.63, 3.8) is 0 Å². The molecular weight excluding hydrogens is 391 g/mol. The van der Waals surface area contributed by atoms with Crippen LogP contribution in [0.25, 0.3) is 0 Å². The molecule has 0 aliphatic carbocycles. The Morgan fingerprint density at radius 1 is 1.00 bits per heavy atom. The lowest BCUT2D eigenvalue weighted by atomic mass is 10.0. The van der Waals surface area contributed by atoms with Crippen LogP contribution >= 0.6 is 0 Å². The van der Waals surface area contributed by atoms with Crippen molar-refractivity contribution in [2.75, 3.05) is 6.54 Å². The van der Waals surface area contributed by atoms with Gasteiger partial charge in [-0.05, 0) is 56.0 Å². The summed E-state index contributed by atoms with van der Waals surface area (Å²) >= 11 is 0. The summed E-state index contributed by atoms with van der Waals surface area (Å²) in [6.45, 7) is 2.70. The van der Waals surface area contributed by atoms with E-state index in [9.17, 15) is 17.6 Å². The van der Waals surface area contributed by atoms with Gasteiger partial charge in [-0.25, -0.2) is 12.8 Å². The normalized spacial score (nSPS) is 23.1. The standard InChI is InChI=1S/C22H25FN2O3S/c1-16-5-11-19(12-6-16)29(27,28)25-14-13-20-21(25)3-2-4-22(26)24(20)15-17-7-9-18(23)10-8-17/h5-12,20-21H,2-4,13-15H2,1H3/t20-,21-/m1/s1. The number of hydrogen-bond acceptors (Lipinski definition) is 3. The number of rotatable bonds is 4. The number of sulfonamides is 1. The fourth-order valence-electron chi connectivity index (χ4n) is 4.44. The van der Waals surface area contributed by atoms with Crippen molar-refractivity contribution >= 4 is 15.9 Å². The first kappa shape index (κ1) is 20.0. The average Bonchev–Trinajstić information content (AvgIpc) is 3.06. The third-order valence-electron chi connectivity index (χ3n) is 5.96. The molecule has 2 atom stereocenters. The lowest BCUT2D eigenvalue weighted by Gasteiger charge is -2.33. The highest BCUT2D eigenvalue weighted by Crippen LogP contribution is 2.35. The number of amides is 1. The summed E-state index contributed by atoms with van der Waals surface area (Å²) in [6.07, 6.45) is 2.36. The van der Waals surface area contributed by atoms with E-state index >= 15 is 0 Å². The number of fused-ring (bicyclic) bond motifs is 1. The first-order valence-corrected chi connectivity index (χ1v) is 11.4. The first-order chi connectivity index (χ1) is 13.9. The van der Waals surface area contributed by atoms with Crippen LogP contribution in [0.1, 0.15) is 36.8 Å². The van der Waals surface area contributed by atoms with E-state index in [1.54, 1.807) is 45.6 Å². The van der Waals surface area contributed by atoms with E-state index in [1.165, 1.54) is 12.1 Å². The molecule has 154 valence electrons. The van der Waals surface area contributed by atoms with Gasteiger partial charge in [-0.2, -0.15) is 4.31 Å². The van der Waals surface area contributed by atoms with Gasteiger partial charge in [-0.15, -0.1) is 0 Å². The van der Waals surface area contributed by atoms with Crippen LogP contribution in [0.2, 0.25) is 0 Å². The van der Waals surface area contributed by atoms with E-state index in [4.69, 9.17) is 0 Å². The Morgan fingerprint density at radius 3 is 2.38 bits per heavy atom. The predicted octanol–water partition coefficient (Wildman–Crippen LogP) is 3.48. The molecule has 0 bridgehead atoms. The summed E-state index contributed by atoms with van der Waals surface area (Å²) in [5, 5.41) is 0. The van der Waals surface area contributed by atoms with Crippen molar-refractivity contribution < 1.29 is 17.6 Å². The molecule has 1 amide bonds. The number of carbonyl (C=O) groups excluding carboxylic acids is 1. The molecule has 0 N–H and O–H groups in total. The molecule has 5 nitrogen and oxygen atoms in total. The van der Waals surface area contributed by atoms with Gasteiger partial charge in [0, 0.05) is 31.6 Å². The fraction of sp³-hybridized carbons (Fsp3) is 0.409. The van der Waals surface area contributed by atoms with Crippen molar-refractivity contribution in [1.82, 2.24) is 9.21 Å². The number of nitrogens with zero attached hydrogens (tertiary/aromatic N) is 2. The van der Waals surface area contributed by atoms with E-state index in [0.717, 1.165) is 11.1 Å². The summed E-state index contributed by atoms with van der Waals surface area (Å²) < 4.78 is 41.4. The highest BCUT2D eigenvalue weighted by molar-refractivity contribution is 7.89. The maximum atomic E-state index is 13.3. The summed E-state index contributed by atoms with van der Waals surface area (Å²) in [5.41, 5.74) is 1.86. The Bertz CT molecular complexity index is 990. The minimum Gasteiger partial charge on any atom is -0.334 e. The second kappa shape index (κ2) is 7.88. The van der Waals surface area contributed by atoms with Crippen LogP contribution in [-0.4, -0.2) is 42.2 Å². The summed E-state index contributed by atoms with van der Waals surface area (Å²) in [7, 11) is -3.62. The third kappa shape index (κ3) is 3.94. The van der Waals surface area contributed by atoms with Crippen LogP contribution in [0.3, 0.4) is 0 Å². The Hall–Kier alpha value is -2.25. The van der Waals surface area contributed by atoms with Gasteiger partial charge in [-0.3, -0.25) is 4.79 Å². The molecular formula is C22H25FN2O3S. The maximum Gasteiger partial charge on any atom is 0.243 e. The molecule has 29 heavy (non-hydrogen) atoms. The second-order valence-corrected chi connectivity index (χ2v) is 9.78. The molecule has 2 saturated heterocycles. The van der Waals surface area contributed by atoms with E-state index < -0.39 is 10.0 Å². The molecule has 0 unspecified atom stereocenters. The molecule has 0 spiro atoms. The highest BCUT2D eigenvalue weighted by atomic mass is 32.2. The van der Waals surface area contributed by atoms with Gasteiger partial charge in [-0.1, -0.05) is 29.8 Å². The maximum absolute atomic E-state index is 13.3. The molecule has 2 aliphatic heterocycles. The Kier molecular flexibility index (Phi) is 5.44. The van der Waals surface area contributed by atoms with Crippen LogP contribution in [0, 0.1) is 12.7 Å². The monoisotopic (exact) mass is 416 g/mol. The zero-order valence-corrected chi connectivity index (χ0v) is 17.2. The molecule has 4 rings (SSSR count). The molecule has 0 saturated carbocycles. The van der Waals surface area contributed by atoms with Crippen molar-refractivity contribution in [3.8, 4) is 0 Å². The van der Waals surface area contributed by atoms with E-state index in [0.29, 0.717) is 43.7 Å². The third-order valence-corrected chi connectivity index (χ3v) is 7.90. The van der Waals surface area contributed by atoms with Gasteiger partial charge in [0.2, 0.25) is 15.9 Å². The number of likely N-dealkylation sites (tertiary alicyclic amines) is 1. The smallest absolute Gasteiger partial charge is 0.243 e. The number of aryl methyl sites for hydroxylation is 1. The molecule has 2 aromatic carbocycles. The largest absolute Gasteiger partial charge is 0.334 e. The molecule has 2 aliphatic rings. The topological polar surface area (TPSA) is 57.7 Å². The van der Waals surface area contributed by atoms with Gasteiger partial charge in [0.15, 0.2) is 0 Å². The predicted molar refractivity (Wildman–Crippen MR) is 108 cm³/mol. The van der Waals surface area contributed by atoms with E-state index in [2.05, 4.69) is 0 Å². The van der Waals surface area contributed by atoms with Crippen LogP contribution in [-0.2, 0) is 21.4 Å². The fourth-order valence-corrected chi connectivity index (χ4v) is 6.14. The first-order valence-electron chi connectivity index (χ1n) is 9.99. The summed E-state index contributed by atoms with van der Waals surface area (Å²) in [5.74, 6) is -0.276. The highest BCUT2D eigenvalue weighted by Gasteiger charge is 2.46. The minimum atomic E-state index is -3.62. The zero-order chi connectivity index (χ0) is 20.6. The molecule has 0 radical (unpaired) electrons. The van der Waals surface area contributed by atoms with Crippen LogP contribution in [0.15, 0.2) is 53.4 Å². The van der Waals surface area contributed by atoms with E-state index in [1.807, 2.05) is 6.92 Å². The number of carbonyl (C=O) groups is 1. The van der Waals surface area contributed by atoms with Crippen LogP contribution < -0.4 is 0 Å². The molecule has 2 fully saturated rings. The Labute approximate surface area is 171 Å². The van der Waals surface area contributed by atoms with Crippen molar-refractivity contribution in [3.05, 3.63) is 65.5 Å². The van der Waals surface area contributed by atoms with Gasteiger partial charge in [0.05, 0.1) is 4.90 Å². The number of hydrogen-bond donors (Lipinski definition) is 0. The molecule has 7 heteroatoms. The number of halogens is 1. The zero-order valence-electron chi connectivity index (χ0n) is 16.4. The van der Waals surface area contributed by atoms with E-state index in [-0.39, 0.29) is 23.8 Å². The number of benzene rings is 2. The molecule has 2 heterocycles. The van der Waals surface area contributed by atoms with Crippen LogP contribution in [0.5, 0.6) is 0 Å². The van der Waals surface area contributed by atoms with Gasteiger partial charge < -0.3 is 4.90 Å². The summed E-state index contributed by atoms with van der Waals surface area (Å²) in [6, 6.07) is 12.7. The molecule has 2 aromatic rings. The summed E-state index contributed by atoms with van der Waals surface area (Å²) in [4.78, 5) is 14.9. The second-order valence-electron chi connectivity index (χ2n) is 7.89. The van der Waals surface area contributed by atoms with Gasteiger partial charge >= 0.3 is 0 Å². The quantitative estimate of drug-likeness (QED) is 0.767. The van der Waals surface area contributed by atoms with Gasteiger partial charge in [0.25, 0.3) is 0 Å². The molecule has 0 aromatic heterocycles. The van der Waals surface area contributed by atoms with Crippen molar-refractivity contribution in [1.29, 1.82) is 0 Å². The van der Waals surface area contributed by atoms with Crippen molar-refractivity contribution in [2.24, 2.45) is 0 Å². The lowest BCUT2D eigenvalue weighted by Crippen LogP contribution is -2.47.